The Bertz CT molecular complexity index is 1110. The second-order valence-corrected chi connectivity index (χ2v) is 8.60. The Balaban J connectivity index is 1.23. The van der Waals surface area contributed by atoms with Crippen LogP contribution in [0.5, 0.6) is 0 Å². The van der Waals surface area contributed by atoms with Crippen LogP contribution in [0.3, 0.4) is 0 Å². The fourth-order valence-corrected chi connectivity index (χ4v) is 4.16. The topological polar surface area (TPSA) is 70.5 Å². The molecule has 1 N–H and O–H groups in total. The molecule has 1 aromatic heterocycles. The second kappa shape index (κ2) is 11.1. The molecule has 3 aromatic rings. The average molecular weight is 464 g/mol. The minimum atomic E-state index is -0.327. The van der Waals surface area contributed by atoms with Crippen molar-refractivity contribution in [2.24, 2.45) is 0 Å². The molecule has 0 unspecified atom stereocenters. The first-order valence-electron chi connectivity index (χ1n) is 11.6. The van der Waals surface area contributed by atoms with Gasteiger partial charge in [-0.3, -0.25) is 14.5 Å². The van der Waals surface area contributed by atoms with E-state index in [4.69, 9.17) is 0 Å². The van der Waals surface area contributed by atoms with Crippen molar-refractivity contribution >= 4 is 17.6 Å². The van der Waals surface area contributed by atoms with Gasteiger partial charge in [0.2, 0.25) is 11.8 Å². The van der Waals surface area contributed by atoms with E-state index in [1.54, 1.807) is 22.9 Å². The highest BCUT2D eigenvalue weighted by molar-refractivity contribution is 5.91. The molecule has 1 saturated heterocycles. The Kier molecular flexibility index (Phi) is 7.69. The van der Waals surface area contributed by atoms with E-state index in [0.29, 0.717) is 44.1 Å². The first-order valence-corrected chi connectivity index (χ1v) is 11.6. The standard InChI is InChI=1S/C26H30FN5O2/c1-20-18-24(32(29-20)23-12-10-22(27)11-13-23)28-25(33)19-30-14-16-31(17-15-30)26(34)9-5-8-21-6-3-2-4-7-21/h2-4,6-7,10-13,18H,5,8-9,14-17,19H2,1H3,(H,28,33). The first kappa shape index (κ1) is 23.6. The lowest BCUT2D eigenvalue weighted by Crippen LogP contribution is -2.50. The van der Waals surface area contributed by atoms with Crippen molar-refractivity contribution < 1.29 is 14.0 Å². The van der Waals surface area contributed by atoms with E-state index in [1.165, 1.54) is 17.7 Å². The number of rotatable bonds is 8. The Labute approximate surface area is 199 Å². The van der Waals surface area contributed by atoms with Crippen molar-refractivity contribution in [3.63, 3.8) is 0 Å². The molecule has 0 bridgehead atoms. The SMILES string of the molecule is Cc1cc(NC(=O)CN2CCN(C(=O)CCCc3ccccc3)CC2)n(-c2ccc(F)cc2)n1. The van der Waals surface area contributed by atoms with Gasteiger partial charge >= 0.3 is 0 Å². The van der Waals surface area contributed by atoms with E-state index in [1.807, 2.05) is 30.0 Å². The summed E-state index contributed by atoms with van der Waals surface area (Å²) in [5.74, 6) is 0.248. The smallest absolute Gasteiger partial charge is 0.239 e. The van der Waals surface area contributed by atoms with Gasteiger partial charge in [-0.2, -0.15) is 5.10 Å². The summed E-state index contributed by atoms with van der Waals surface area (Å²) in [5, 5.41) is 7.32. The van der Waals surface area contributed by atoms with E-state index < -0.39 is 0 Å². The number of nitrogens with one attached hydrogen (secondary N) is 1. The van der Waals surface area contributed by atoms with E-state index in [-0.39, 0.29) is 24.2 Å². The third-order valence-corrected chi connectivity index (χ3v) is 5.96. The molecular formula is C26H30FN5O2. The average Bonchev–Trinajstić information content (AvgIpc) is 3.20. The molecule has 0 radical (unpaired) electrons. The summed E-state index contributed by atoms with van der Waals surface area (Å²) in [6, 6.07) is 17.9. The molecule has 2 aromatic carbocycles. The quantitative estimate of drug-likeness (QED) is 0.556. The van der Waals surface area contributed by atoms with Crippen LogP contribution in [0.25, 0.3) is 5.69 Å². The van der Waals surface area contributed by atoms with E-state index in [9.17, 15) is 14.0 Å². The number of carbonyl (C=O) groups excluding carboxylic acids is 2. The molecular weight excluding hydrogens is 433 g/mol. The predicted molar refractivity (Wildman–Crippen MR) is 129 cm³/mol. The number of anilines is 1. The Hall–Kier alpha value is -3.52. The summed E-state index contributed by atoms with van der Waals surface area (Å²) in [5.41, 5.74) is 2.67. The molecule has 7 nitrogen and oxygen atoms in total. The minimum Gasteiger partial charge on any atom is -0.340 e. The van der Waals surface area contributed by atoms with Gasteiger partial charge in [0.15, 0.2) is 0 Å². The second-order valence-electron chi connectivity index (χ2n) is 8.60. The highest BCUT2D eigenvalue weighted by atomic mass is 19.1. The van der Waals surface area contributed by atoms with E-state index in [2.05, 4.69) is 27.4 Å². The van der Waals surface area contributed by atoms with Crippen molar-refractivity contribution in [2.45, 2.75) is 26.2 Å². The van der Waals surface area contributed by atoms with Gasteiger partial charge in [0.25, 0.3) is 0 Å². The van der Waals surface area contributed by atoms with Crippen LogP contribution in [-0.2, 0) is 16.0 Å². The molecule has 34 heavy (non-hydrogen) atoms. The van der Waals surface area contributed by atoms with Crippen LogP contribution in [0.4, 0.5) is 10.2 Å². The van der Waals surface area contributed by atoms with Gasteiger partial charge in [-0.05, 0) is 49.6 Å². The summed E-state index contributed by atoms with van der Waals surface area (Å²) >= 11 is 0. The van der Waals surface area contributed by atoms with Gasteiger partial charge in [0, 0.05) is 38.7 Å². The van der Waals surface area contributed by atoms with E-state index >= 15 is 0 Å². The number of hydrogen-bond donors (Lipinski definition) is 1. The van der Waals surface area contributed by atoms with Crippen LogP contribution in [0, 0.1) is 12.7 Å². The van der Waals surface area contributed by atoms with Crippen LogP contribution in [-0.4, -0.2) is 64.1 Å². The number of aromatic nitrogens is 2. The number of benzene rings is 2. The highest BCUT2D eigenvalue weighted by Gasteiger charge is 2.22. The summed E-state index contributed by atoms with van der Waals surface area (Å²) < 4.78 is 14.9. The number of carbonyl (C=O) groups is 2. The summed E-state index contributed by atoms with van der Waals surface area (Å²) in [6.45, 7) is 4.66. The number of aryl methyl sites for hydroxylation is 2. The molecule has 8 heteroatoms. The maximum absolute atomic E-state index is 13.3. The summed E-state index contributed by atoms with van der Waals surface area (Å²) in [6.07, 6.45) is 2.29. The van der Waals surface area contributed by atoms with Crippen LogP contribution >= 0.6 is 0 Å². The van der Waals surface area contributed by atoms with Gasteiger partial charge < -0.3 is 10.2 Å². The lowest BCUT2D eigenvalue weighted by Gasteiger charge is -2.34. The third kappa shape index (κ3) is 6.29. The summed E-state index contributed by atoms with van der Waals surface area (Å²) in [4.78, 5) is 29.2. The van der Waals surface area contributed by atoms with Crippen LogP contribution in [0.2, 0.25) is 0 Å². The lowest BCUT2D eigenvalue weighted by molar-refractivity contribution is -0.133. The van der Waals surface area contributed by atoms with Crippen LogP contribution < -0.4 is 5.32 Å². The lowest BCUT2D eigenvalue weighted by atomic mass is 10.1. The van der Waals surface area contributed by atoms with Crippen molar-refractivity contribution in [3.05, 3.63) is 77.7 Å². The van der Waals surface area contributed by atoms with Crippen LogP contribution in [0.15, 0.2) is 60.7 Å². The predicted octanol–water partition coefficient (Wildman–Crippen LogP) is 3.43. The Morgan fingerprint density at radius 1 is 1.00 bits per heavy atom. The molecule has 1 aliphatic rings. The fraction of sp³-hybridized carbons (Fsp3) is 0.346. The zero-order chi connectivity index (χ0) is 23.9. The number of halogens is 1. The summed E-state index contributed by atoms with van der Waals surface area (Å²) in [7, 11) is 0. The van der Waals surface area contributed by atoms with Gasteiger partial charge in [-0.1, -0.05) is 30.3 Å². The first-order chi connectivity index (χ1) is 16.5. The molecule has 1 aliphatic heterocycles. The number of amides is 2. The molecule has 0 spiro atoms. The molecule has 0 saturated carbocycles. The number of nitrogens with zero attached hydrogens (tertiary/aromatic N) is 4. The molecule has 0 aliphatic carbocycles. The number of piperazine rings is 1. The highest BCUT2D eigenvalue weighted by Crippen LogP contribution is 2.18. The van der Waals surface area contributed by atoms with Gasteiger partial charge in [-0.15, -0.1) is 0 Å². The van der Waals surface area contributed by atoms with Crippen molar-refractivity contribution in [1.29, 1.82) is 0 Å². The fourth-order valence-electron chi connectivity index (χ4n) is 4.16. The van der Waals surface area contributed by atoms with Crippen molar-refractivity contribution in [3.8, 4) is 5.69 Å². The van der Waals surface area contributed by atoms with Crippen molar-refractivity contribution in [1.82, 2.24) is 19.6 Å². The van der Waals surface area contributed by atoms with Crippen molar-refractivity contribution in [2.75, 3.05) is 38.0 Å². The largest absolute Gasteiger partial charge is 0.340 e. The van der Waals surface area contributed by atoms with Gasteiger partial charge in [0.1, 0.15) is 11.6 Å². The molecule has 178 valence electrons. The maximum atomic E-state index is 13.3. The third-order valence-electron chi connectivity index (χ3n) is 5.96. The Morgan fingerprint density at radius 3 is 2.41 bits per heavy atom. The van der Waals surface area contributed by atoms with Gasteiger partial charge in [-0.25, -0.2) is 9.07 Å². The minimum absolute atomic E-state index is 0.147. The molecule has 0 atom stereocenters. The monoisotopic (exact) mass is 463 g/mol. The normalized spacial score (nSPS) is 14.2. The molecule has 2 amide bonds. The maximum Gasteiger partial charge on any atom is 0.239 e. The molecule has 1 fully saturated rings. The van der Waals surface area contributed by atoms with Crippen LogP contribution in [0.1, 0.15) is 24.1 Å². The van der Waals surface area contributed by atoms with Gasteiger partial charge in [0.05, 0.1) is 17.9 Å². The molecule has 2 heterocycles. The zero-order valence-electron chi connectivity index (χ0n) is 19.4. The number of hydrogen-bond acceptors (Lipinski definition) is 4. The Morgan fingerprint density at radius 2 is 1.71 bits per heavy atom. The molecule has 4 rings (SSSR count). The zero-order valence-corrected chi connectivity index (χ0v) is 19.4. The van der Waals surface area contributed by atoms with E-state index in [0.717, 1.165) is 18.5 Å².